The largest absolute Gasteiger partial charge is 0.508 e. The second kappa shape index (κ2) is 7.69. The first-order valence-corrected chi connectivity index (χ1v) is 8.66. The predicted molar refractivity (Wildman–Crippen MR) is 96.1 cm³/mol. The van der Waals surface area contributed by atoms with E-state index in [0.29, 0.717) is 6.04 Å². The average molecular weight is 326 g/mol. The van der Waals surface area contributed by atoms with E-state index >= 15 is 0 Å². The van der Waals surface area contributed by atoms with Gasteiger partial charge in [0.15, 0.2) is 0 Å². The Balaban J connectivity index is 1.50. The molecule has 1 fully saturated rings. The molecule has 1 heterocycles. The maximum Gasteiger partial charge on any atom is 0.124 e. The summed E-state index contributed by atoms with van der Waals surface area (Å²) in [6, 6.07) is 15.9. The van der Waals surface area contributed by atoms with E-state index in [9.17, 15) is 10.2 Å². The highest BCUT2D eigenvalue weighted by atomic mass is 16.3. The molecule has 0 amide bonds. The number of hydrogen-bond acceptors (Lipinski definition) is 4. The molecule has 4 nitrogen and oxygen atoms in total. The first-order valence-electron chi connectivity index (χ1n) is 8.66. The van der Waals surface area contributed by atoms with Gasteiger partial charge in [0.05, 0.1) is 0 Å². The van der Waals surface area contributed by atoms with Crippen LogP contribution < -0.4 is 5.32 Å². The molecule has 3 rings (SSSR count). The predicted octanol–water partition coefficient (Wildman–Crippen LogP) is 3.41. The summed E-state index contributed by atoms with van der Waals surface area (Å²) in [4.78, 5) is 2.50. The minimum Gasteiger partial charge on any atom is -0.508 e. The van der Waals surface area contributed by atoms with E-state index < -0.39 is 0 Å². The summed E-state index contributed by atoms with van der Waals surface area (Å²) in [5.74, 6) is 0.245. The second-order valence-electron chi connectivity index (χ2n) is 6.67. The van der Waals surface area contributed by atoms with Crippen molar-refractivity contribution in [3.05, 3.63) is 59.7 Å². The average Bonchev–Trinajstić information content (AvgIpc) is 2.57. The maximum atomic E-state index is 9.99. The number of nitrogens with one attached hydrogen (secondary N) is 1. The Hall–Kier alpha value is -2.04. The van der Waals surface area contributed by atoms with Crippen LogP contribution in [0.3, 0.4) is 0 Å². The van der Waals surface area contributed by atoms with Crippen LogP contribution in [-0.4, -0.2) is 34.2 Å². The highest BCUT2D eigenvalue weighted by Crippen LogP contribution is 2.28. The van der Waals surface area contributed by atoms with Crippen molar-refractivity contribution in [3.63, 3.8) is 0 Å². The molecule has 0 spiro atoms. The number of phenols is 2. The molecule has 1 saturated heterocycles. The van der Waals surface area contributed by atoms with E-state index in [1.807, 2.05) is 0 Å². The molecule has 24 heavy (non-hydrogen) atoms. The Kier molecular flexibility index (Phi) is 5.38. The molecule has 0 saturated carbocycles. The molecule has 2 aromatic carbocycles. The fraction of sp³-hybridized carbons (Fsp3) is 0.400. The molecule has 0 aliphatic carbocycles. The fourth-order valence-electron chi connectivity index (χ4n) is 3.44. The van der Waals surface area contributed by atoms with E-state index in [1.165, 1.54) is 11.6 Å². The summed E-state index contributed by atoms with van der Waals surface area (Å²) in [5.41, 5.74) is 2.20. The lowest BCUT2D eigenvalue weighted by atomic mass is 10.0. The quantitative estimate of drug-likeness (QED) is 0.788. The third-order valence-corrected chi connectivity index (χ3v) is 4.80. The smallest absolute Gasteiger partial charge is 0.124 e. The van der Waals surface area contributed by atoms with Crippen molar-refractivity contribution in [2.75, 3.05) is 13.1 Å². The monoisotopic (exact) mass is 326 g/mol. The molecule has 0 bridgehead atoms. The van der Waals surface area contributed by atoms with Gasteiger partial charge in [-0.15, -0.1) is 0 Å². The summed E-state index contributed by atoms with van der Waals surface area (Å²) >= 11 is 0. The summed E-state index contributed by atoms with van der Waals surface area (Å²) < 4.78 is 0. The molecule has 4 heteroatoms. The lowest BCUT2D eigenvalue weighted by Crippen LogP contribution is -2.42. The van der Waals surface area contributed by atoms with Crippen LogP contribution in [0.2, 0.25) is 0 Å². The number of aromatic hydroxyl groups is 2. The van der Waals surface area contributed by atoms with Crippen molar-refractivity contribution in [2.24, 2.45) is 0 Å². The Bertz CT molecular complexity index is 652. The summed E-state index contributed by atoms with van der Waals surface area (Å²) in [6.07, 6.45) is 2.21. The normalized spacial score (nSPS) is 17.7. The van der Waals surface area contributed by atoms with Crippen molar-refractivity contribution < 1.29 is 10.2 Å². The highest BCUT2D eigenvalue weighted by Gasteiger charge is 2.21. The summed E-state index contributed by atoms with van der Waals surface area (Å²) in [6.45, 7) is 5.24. The van der Waals surface area contributed by atoms with Gasteiger partial charge in [0, 0.05) is 30.3 Å². The van der Waals surface area contributed by atoms with Gasteiger partial charge in [0.25, 0.3) is 0 Å². The molecule has 1 aliphatic rings. The molecule has 1 aliphatic heterocycles. The van der Waals surface area contributed by atoms with Crippen LogP contribution in [0, 0.1) is 0 Å². The second-order valence-corrected chi connectivity index (χ2v) is 6.67. The van der Waals surface area contributed by atoms with E-state index in [2.05, 4.69) is 47.5 Å². The molecule has 2 aromatic rings. The van der Waals surface area contributed by atoms with Gasteiger partial charge >= 0.3 is 0 Å². The number of likely N-dealkylation sites (tertiary alicyclic amines) is 1. The van der Waals surface area contributed by atoms with Crippen LogP contribution in [0.1, 0.15) is 36.9 Å². The van der Waals surface area contributed by atoms with Gasteiger partial charge in [0.2, 0.25) is 0 Å². The number of rotatable bonds is 5. The summed E-state index contributed by atoms with van der Waals surface area (Å²) in [7, 11) is 0. The van der Waals surface area contributed by atoms with Crippen LogP contribution in [0.25, 0.3) is 0 Å². The maximum absolute atomic E-state index is 9.99. The van der Waals surface area contributed by atoms with Crippen LogP contribution in [0.5, 0.6) is 11.5 Å². The van der Waals surface area contributed by atoms with Crippen LogP contribution in [0.4, 0.5) is 0 Å². The number of phenolic OH excluding ortho intramolecular Hbond substituents is 2. The molecule has 1 unspecified atom stereocenters. The van der Waals surface area contributed by atoms with Crippen molar-refractivity contribution in [3.8, 4) is 11.5 Å². The number of hydrogen-bond donors (Lipinski definition) is 3. The zero-order valence-corrected chi connectivity index (χ0v) is 14.2. The lowest BCUT2D eigenvalue weighted by Gasteiger charge is -2.34. The number of piperidine rings is 1. The fourth-order valence-corrected chi connectivity index (χ4v) is 3.44. The minimum absolute atomic E-state index is 0.0660. The Morgan fingerprint density at radius 2 is 1.79 bits per heavy atom. The van der Waals surface area contributed by atoms with Crippen molar-refractivity contribution in [1.82, 2.24) is 10.2 Å². The molecular formula is C20H26N2O2. The van der Waals surface area contributed by atoms with Crippen molar-refractivity contribution in [2.45, 2.75) is 38.4 Å². The van der Waals surface area contributed by atoms with E-state index in [1.54, 1.807) is 12.1 Å². The summed E-state index contributed by atoms with van der Waals surface area (Å²) in [5, 5.41) is 23.0. The van der Waals surface area contributed by atoms with Crippen molar-refractivity contribution in [1.29, 1.82) is 0 Å². The van der Waals surface area contributed by atoms with Gasteiger partial charge in [-0.3, -0.25) is 4.90 Å². The van der Waals surface area contributed by atoms with Crippen molar-refractivity contribution >= 4 is 0 Å². The molecular weight excluding hydrogens is 300 g/mol. The Morgan fingerprint density at radius 1 is 1.08 bits per heavy atom. The number of nitrogens with zero attached hydrogens (tertiary/aromatic N) is 1. The molecule has 128 valence electrons. The standard InChI is InChI=1S/C20H26N2O2/c1-15(19-8-7-18(23)13-20(19)24)21-17-9-11-22(12-10-17)14-16-5-3-2-4-6-16/h2-8,13,15,17,21,23-24H,9-12,14H2,1H3. The third-order valence-electron chi connectivity index (χ3n) is 4.80. The van der Waals surface area contributed by atoms with Gasteiger partial charge in [-0.2, -0.15) is 0 Å². The van der Waals surface area contributed by atoms with Gasteiger partial charge in [-0.25, -0.2) is 0 Å². The molecule has 3 N–H and O–H groups in total. The van der Waals surface area contributed by atoms with E-state index in [-0.39, 0.29) is 17.5 Å². The topological polar surface area (TPSA) is 55.7 Å². The van der Waals surface area contributed by atoms with Gasteiger partial charge in [0.1, 0.15) is 11.5 Å². The number of benzene rings is 2. The zero-order valence-electron chi connectivity index (χ0n) is 14.2. The first kappa shape index (κ1) is 16.8. The minimum atomic E-state index is 0.0660. The molecule has 1 atom stereocenters. The lowest BCUT2D eigenvalue weighted by molar-refractivity contribution is 0.185. The Morgan fingerprint density at radius 3 is 2.46 bits per heavy atom. The van der Waals surface area contributed by atoms with Gasteiger partial charge < -0.3 is 15.5 Å². The third kappa shape index (κ3) is 4.28. The molecule has 0 radical (unpaired) electrons. The molecule has 0 aromatic heterocycles. The van der Waals surface area contributed by atoms with Gasteiger partial charge in [-0.1, -0.05) is 36.4 Å². The highest BCUT2D eigenvalue weighted by molar-refractivity contribution is 5.40. The zero-order chi connectivity index (χ0) is 16.9. The first-order chi connectivity index (χ1) is 11.6. The van der Waals surface area contributed by atoms with Crippen LogP contribution in [-0.2, 0) is 6.54 Å². The van der Waals surface area contributed by atoms with E-state index in [4.69, 9.17) is 0 Å². The SMILES string of the molecule is CC(NC1CCN(Cc2ccccc2)CC1)c1ccc(O)cc1O. The van der Waals surface area contributed by atoms with E-state index in [0.717, 1.165) is 38.0 Å². The van der Waals surface area contributed by atoms with Crippen LogP contribution in [0.15, 0.2) is 48.5 Å². The van der Waals surface area contributed by atoms with Gasteiger partial charge in [-0.05, 0) is 44.5 Å². The van der Waals surface area contributed by atoms with Crippen LogP contribution >= 0.6 is 0 Å². The Labute approximate surface area is 143 Å².